The highest BCUT2D eigenvalue weighted by molar-refractivity contribution is 7.08. The van der Waals surface area contributed by atoms with Crippen LogP contribution in [0.2, 0.25) is 0 Å². The fourth-order valence-electron chi connectivity index (χ4n) is 2.68. The molecule has 1 aliphatic rings. The summed E-state index contributed by atoms with van der Waals surface area (Å²) in [6.07, 6.45) is 1.57. The van der Waals surface area contributed by atoms with Crippen LogP contribution in [0.5, 0.6) is 0 Å². The number of β-amino-alcohol motifs (C(OH)–C–C–N with tert-alkyl or cyclic N) is 1. The molecule has 3 atom stereocenters. The van der Waals surface area contributed by atoms with Gasteiger partial charge in [-0.2, -0.15) is 11.3 Å². The van der Waals surface area contributed by atoms with Gasteiger partial charge < -0.3 is 15.3 Å². The Morgan fingerprint density at radius 2 is 2.33 bits per heavy atom. The van der Waals surface area contributed by atoms with Crippen LogP contribution in [0.3, 0.4) is 0 Å². The number of hydrogen-bond donors (Lipinski definition) is 2. The molecule has 0 bridgehead atoms. The molecule has 3 unspecified atom stereocenters. The molecule has 1 fully saturated rings. The molecule has 1 aromatic heterocycles. The van der Waals surface area contributed by atoms with Gasteiger partial charge in [-0.25, -0.2) is 0 Å². The van der Waals surface area contributed by atoms with Crippen molar-refractivity contribution in [2.75, 3.05) is 6.54 Å². The van der Waals surface area contributed by atoms with Crippen LogP contribution in [-0.2, 0) is 4.79 Å². The third-order valence-corrected chi connectivity index (χ3v) is 4.40. The average molecular weight is 310 g/mol. The van der Waals surface area contributed by atoms with Crippen molar-refractivity contribution in [2.45, 2.75) is 51.3 Å². The van der Waals surface area contributed by atoms with Gasteiger partial charge in [0.05, 0.1) is 11.7 Å². The molecule has 2 heterocycles. The van der Waals surface area contributed by atoms with Gasteiger partial charge in [-0.15, -0.1) is 0 Å². The van der Waals surface area contributed by atoms with Crippen LogP contribution in [0.1, 0.15) is 43.5 Å². The molecule has 2 rings (SSSR count). The monoisotopic (exact) mass is 310 g/mol. The van der Waals surface area contributed by atoms with Gasteiger partial charge in [-0.1, -0.05) is 13.3 Å². The zero-order valence-electron chi connectivity index (χ0n) is 12.4. The second-order valence-electron chi connectivity index (χ2n) is 5.57. The zero-order chi connectivity index (χ0) is 15.4. The predicted octanol–water partition coefficient (Wildman–Crippen LogP) is 1.63. The van der Waals surface area contributed by atoms with Crippen molar-refractivity contribution in [1.29, 1.82) is 0 Å². The zero-order valence-corrected chi connectivity index (χ0v) is 13.2. The lowest BCUT2D eigenvalue weighted by atomic mass is 10.1. The van der Waals surface area contributed by atoms with Crippen LogP contribution >= 0.6 is 11.3 Å². The van der Waals surface area contributed by atoms with Crippen LogP contribution in [0.4, 0.5) is 0 Å². The molecule has 1 aliphatic heterocycles. The highest BCUT2D eigenvalue weighted by Gasteiger charge is 2.39. The van der Waals surface area contributed by atoms with E-state index in [0.29, 0.717) is 12.0 Å². The van der Waals surface area contributed by atoms with Crippen molar-refractivity contribution in [2.24, 2.45) is 0 Å². The Morgan fingerprint density at radius 1 is 1.57 bits per heavy atom. The first-order valence-electron chi connectivity index (χ1n) is 7.34. The second kappa shape index (κ2) is 7.04. The van der Waals surface area contributed by atoms with E-state index in [0.717, 1.165) is 12.8 Å². The van der Waals surface area contributed by atoms with Gasteiger partial charge in [-0.3, -0.25) is 9.59 Å². The summed E-state index contributed by atoms with van der Waals surface area (Å²) in [5, 5.41) is 16.4. The first-order chi connectivity index (χ1) is 10.0. The van der Waals surface area contributed by atoms with Gasteiger partial charge in [0, 0.05) is 24.4 Å². The van der Waals surface area contributed by atoms with E-state index in [-0.39, 0.29) is 24.4 Å². The molecule has 0 spiro atoms. The fraction of sp³-hybridized carbons (Fsp3) is 0.600. The summed E-state index contributed by atoms with van der Waals surface area (Å²) >= 11 is 1.44. The third-order valence-electron chi connectivity index (χ3n) is 3.72. The van der Waals surface area contributed by atoms with Crippen LogP contribution in [0, 0.1) is 0 Å². The number of carbonyl (C=O) groups excluding carboxylic acids is 2. The Kier molecular flexibility index (Phi) is 5.36. The average Bonchev–Trinajstić information content (AvgIpc) is 3.07. The van der Waals surface area contributed by atoms with Gasteiger partial charge >= 0.3 is 0 Å². The van der Waals surface area contributed by atoms with Crippen molar-refractivity contribution in [3.05, 3.63) is 22.4 Å². The van der Waals surface area contributed by atoms with Crippen molar-refractivity contribution in [1.82, 2.24) is 10.2 Å². The summed E-state index contributed by atoms with van der Waals surface area (Å²) in [7, 11) is 0. The van der Waals surface area contributed by atoms with Crippen molar-refractivity contribution in [3.63, 3.8) is 0 Å². The Hall–Kier alpha value is -1.40. The minimum atomic E-state index is -0.634. The minimum absolute atomic E-state index is 0.0818. The number of aliphatic hydroxyl groups is 1. The maximum Gasteiger partial charge on any atom is 0.255 e. The standard InChI is InChI=1S/C15H22N2O3S/c1-3-4-10(2)16-14(19)13-7-12(18)8-17(13)15(20)11-5-6-21-9-11/h5-6,9-10,12-13,18H,3-4,7-8H2,1-2H3,(H,16,19). The molecule has 21 heavy (non-hydrogen) atoms. The van der Waals surface area contributed by atoms with E-state index in [1.807, 2.05) is 12.3 Å². The maximum absolute atomic E-state index is 12.4. The molecule has 2 N–H and O–H groups in total. The fourth-order valence-corrected chi connectivity index (χ4v) is 3.31. The van der Waals surface area contributed by atoms with E-state index in [1.165, 1.54) is 16.2 Å². The van der Waals surface area contributed by atoms with Gasteiger partial charge in [0.15, 0.2) is 0 Å². The number of nitrogens with one attached hydrogen (secondary N) is 1. The van der Waals surface area contributed by atoms with Gasteiger partial charge in [0.25, 0.3) is 5.91 Å². The maximum atomic E-state index is 12.4. The number of nitrogens with zero attached hydrogens (tertiary/aromatic N) is 1. The van der Waals surface area contributed by atoms with Crippen LogP contribution in [-0.4, -0.2) is 46.6 Å². The van der Waals surface area contributed by atoms with Gasteiger partial charge in [-0.05, 0) is 24.8 Å². The minimum Gasteiger partial charge on any atom is -0.391 e. The molecule has 0 radical (unpaired) electrons. The van der Waals surface area contributed by atoms with E-state index in [2.05, 4.69) is 12.2 Å². The van der Waals surface area contributed by atoms with E-state index in [1.54, 1.807) is 11.4 Å². The number of rotatable bonds is 5. The number of likely N-dealkylation sites (tertiary alicyclic amines) is 1. The highest BCUT2D eigenvalue weighted by atomic mass is 32.1. The molecule has 6 heteroatoms. The summed E-state index contributed by atoms with van der Waals surface area (Å²) in [5.41, 5.74) is 0.577. The Balaban J connectivity index is 2.06. The first kappa shape index (κ1) is 16.0. The van der Waals surface area contributed by atoms with E-state index >= 15 is 0 Å². The molecule has 116 valence electrons. The third kappa shape index (κ3) is 3.83. The summed E-state index contributed by atoms with van der Waals surface area (Å²) < 4.78 is 0. The van der Waals surface area contributed by atoms with E-state index in [4.69, 9.17) is 0 Å². The number of amides is 2. The molecule has 5 nitrogen and oxygen atoms in total. The predicted molar refractivity (Wildman–Crippen MR) is 82.3 cm³/mol. The molecule has 0 aliphatic carbocycles. The summed E-state index contributed by atoms with van der Waals surface area (Å²) in [5.74, 6) is -0.354. The molecule has 2 amide bonds. The van der Waals surface area contributed by atoms with Crippen molar-refractivity contribution < 1.29 is 14.7 Å². The summed E-state index contributed by atoms with van der Waals surface area (Å²) in [4.78, 5) is 26.3. The van der Waals surface area contributed by atoms with Crippen molar-refractivity contribution >= 4 is 23.2 Å². The largest absolute Gasteiger partial charge is 0.391 e. The van der Waals surface area contributed by atoms with Gasteiger partial charge in [0.2, 0.25) is 5.91 Å². The highest BCUT2D eigenvalue weighted by Crippen LogP contribution is 2.22. The van der Waals surface area contributed by atoms with Crippen molar-refractivity contribution in [3.8, 4) is 0 Å². The lowest BCUT2D eigenvalue weighted by Gasteiger charge is -2.25. The molecule has 0 aromatic carbocycles. The number of carbonyl (C=O) groups is 2. The normalized spacial score (nSPS) is 23.1. The lowest BCUT2D eigenvalue weighted by Crippen LogP contribution is -2.48. The van der Waals surface area contributed by atoms with E-state index < -0.39 is 12.1 Å². The molecule has 1 aromatic rings. The Bertz CT molecular complexity index is 489. The molecule has 0 saturated carbocycles. The van der Waals surface area contributed by atoms with E-state index in [9.17, 15) is 14.7 Å². The molecule has 1 saturated heterocycles. The van der Waals surface area contributed by atoms with Crippen LogP contribution < -0.4 is 5.32 Å². The molecular weight excluding hydrogens is 288 g/mol. The van der Waals surface area contributed by atoms with Gasteiger partial charge in [0.1, 0.15) is 6.04 Å². The Morgan fingerprint density at radius 3 is 2.95 bits per heavy atom. The summed E-state index contributed by atoms with van der Waals surface area (Å²) in [6, 6.07) is 1.25. The number of hydrogen-bond acceptors (Lipinski definition) is 4. The Labute approximate surface area is 129 Å². The summed E-state index contributed by atoms with van der Waals surface area (Å²) in [6.45, 7) is 4.24. The molecular formula is C15H22N2O3S. The van der Waals surface area contributed by atoms with Crippen LogP contribution in [0.15, 0.2) is 16.8 Å². The smallest absolute Gasteiger partial charge is 0.255 e. The second-order valence-corrected chi connectivity index (χ2v) is 6.35. The lowest BCUT2D eigenvalue weighted by molar-refractivity contribution is -0.125. The van der Waals surface area contributed by atoms with Crippen LogP contribution in [0.25, 0.3) is 0 Å². The first-order valence-corrected chi connectivity index (χ1v) is 8.28. The topological polar surface area (TPSA) is 69.6 Å². The quantitative estimate of drug-likeness (QED) is 0.868. The SMILES string of the molecule is CCCC(C)NC(=O)C1CC(O)CN1C(=O)c1ccsc1. The number of thiophene rings is 1. The number of aliphatic hydroxyl groups excluding tert-OH is 1.